The summed E-state index contributed by atoms with van der Waals surface area (Å²) in [6, 6.07) is 1.92. The molecule has 0 amide bonds. The van der Waals surface area contributed by atoms with Gasteiger partial charge in [0.05, 0.1) is 12.8 Å². The summed E-state index contributed by atoms with van der Waals surface area (Å²) in [4.78, 5) is 0. The van der Waals surface area contributed by atoms with Crippen LogP contribution in [0.25, 0.3) is 0 Å². The number of sulfonamides is 1. The van der Waals surface area contributed by atoms with Crippen molar-refractivity contribution in [2.24, 2.45) is 0 Å². The van der Waals surface area contributed by atoms with Crippen LogP contribution in [0.4, 0.5) is 0 Å². The fraction of sp³-hybridized carbons (Fsp3) is 0.667. The van der Waals surface area contributed by atoms with Crippen LogP contribution in [-0.2, 0) is 16.6 Å². The van der Waals surface area contributed by atoms with E-state index < -0.39 is 10.0 Å². The van der Waals surface area contributed by atoms with E-state index in [-0.39, 0.29) is 6.04 Å². The Labute approximate surface area is 89.7 Å². The molecule has 5 nitrogen and oxygen atoms in total. The van der Waals surface area contributed by atoms with Gasteiger partial charge in [0.1, 0.15) is 0 Å². The van der Waals surface area contributed by atoms with E-state index >= 15 is 0 Å². The molecular weight excluding hydrogens is 214 g/mol. The highest BCUT2D eigenvalue weighted by atomic mass is 32.2. The molecule has 0 N–H and O–H groups in total. The van der Waals surface area contributed by atoms with Crippen molar-refractivity contribution in [1.29, 1.82) is 0 Å². The van der Waals surface area contributed by atoms with Crippen molar-refractivity contribution < 1.29 is 8.42 Å². The maximum absolute atomic E-state index is 11.5. The third-order valence-electron chi connectivity index (χ3n) is 2.71. The van der Waals surface area contributed by atoms with Crippen molar-refractivity contribution in [1.82, 2.24) is 14.1 Å². The molecule has 0 bridgehead atoms. The zero-order chi connectivity index (χ0) is 10.9. The standard InChI is InChI=1S/C9H15N3O2S/c1-15(13,14)12-7-2-4-9(12)8-11-6-3-5-10-11/h3,5-6,9H,2,4,7-8H2,1H3. The van der Waals surface area contributed by atoms with Gasteiger partial charge in [-0.3, -0.25) is 4.68 Å². The summed E-state index contributed by atoms with van der Waals surface area (Å²) >= 11 is 0. The molecular formula is C9H15N3O2S. The van der Waals surface area contributed by atoms with Gasteiger partial charge < -0.3 is 0 Å². The van der Waals surface area contributed by atoms with Crippen molar-refractivity contribution in [2.75, 3.05) is 12.8 Å². The summed E-state index contributed by atoms with van der Waals surface area (Å²) < 4.78 is 26.3. The molecule has 15 heavy (non-hydrogen) atoms. The van der Waals surface area contributed by atoms with Gasteiger partial charge in [-0.1, -0.05) is 0 Å². The minimum absolute atomic E-state index is 0.0694. The largest absolute Gasteiger partial charge is 0.271 e. The molecule has 0 aromatic carbocycles. The highest BCUT2D eigenvalue weighted by Crippen LogP contribution is 2.21. The molecule has 1 atom stereocenters. The molecule has 1 aliphatic rings. The molecule has 2 heterocycles. The van der Waals surface area contributed by atoms with E-state index in [9.17, 15) is 8.42 Å². The van der Waals surface area contributed by atoms with Crippen molar-refractivity contribution in [2.45, 2.75) is 25.4 Å². The lowest BCUT2D eigenvalue weighted by molar-refractivity contribution is 0.343. The summed E-state index contributed by atoms with van der Waals surface area (Å²) in [6.07, 6.45) is 6.71. The SMILES string of the molecule is CS(=O)(=O)N1CCCC1Cn1cccn1. The van der Waals surface area contributed by atoms with E-state index in [0.29, 0.717) is 13.1 Å². The van der Waals surface area contributed by atoms with Crippen LogP contribution in [0.3, 0.4) is 0 Å². The average molecular weight is 229 g/mol. The minimum atomic E-state index is -3.06. The fourth-order valence-corrected chi connectivity index (χ4v) is 3.23. The van der Waals surface area contributed by atoms with Gasteiger partial charge in [0.2, 0.25) is 10.0 Å². The van der Waals surface area contributed by atoms with Crippen LogP contribution < -0.4 is 0 Å². The van der Waals surface area contributed by atoms with Crippen LogP contribution in [0.15, 0.2) is 18.5 Å². The van der Waals surface area contributed by atoms with Gasteiger partial charge in [0.25, 0.3) is 0 Å². The van der Waals surface area contributed by atoms with E-state index in [1.165, 1.54) is 6.26 Å². The van der Waals surface area contributed by atoms with E-state index in [2.05, 4.69) is 5.10 Å². The van der Waals surface area contributed by atoms with Gasteiger partial charge in [-0.2, -0.15) is 9.40 Å². The predicted octanol–water partition coefficient (Wildman–Crippen LogP) is 0.307. The maximum atomic E-state index is 11.5. The van der Waals surface area contributed by atoms with Gasteiger partial charge in [0.15, 0.2) is 0 Å². The van der Waals surface area contributed by atoms with Gasteiger partial charge in [-0.25, -0.2) is 8.42 Å². The minimum Gasteiger partial charge on any atom is -0.271 e. The zero-order valence-electron chi connectivity index (χ0n) is 8.70. The first kappa shape index (κ1) is 10.6. The van der Waals surface area contributed by atoms with Crippen LogP contribution in [0, 0.1) is 0 Å². The number of nitrogens with zero attached hydrogens (tertiary/aromatic N) is 3. The second-order valence-corrected chi connectivity index (χ2v) is 5.83. The Morgan fingerprint density at radius 2 is 2.33 bits per heavy atom. The Morgan fingerprint density at radius 3 is 2.93 bits per heavy atom. The molecule has 84 valence electrons. The third kappa shape index (κ3) is 2.38. The molecule has 1 aliphatic heterocycles. The predicted molar refractivity (Wildman–Crippen MR) is 56.8 cm³/mol. The van der Waals surface area contributed by atoms with Gasteiger partial charge in [-0.05, 0) is 18.9 Å². The Hall–Kier alpha value is -0.880. The van der Waals surface area contributed by atoms with Crippen molar-refractivity contribution in [3.8, 4) is 0 Å². The molecule has 1 aromatic heterocycles. The molecule has 1 aromatic rings. The number of aromatic nitrogens is 2. The topological polar surface area (TPSA) is 55.2 Å². The summed E-state index contributed by atoms with van der Waals surface area (Å²) in [5, 5.41) is 4.09. The molecule has 0 saturated carbocycles. The molecule has 1 saturated heterocycles. The molecule has 0 radical (unpaired) electrons. The lowest BCUT2D eigenvalue weighted by Crippen LogP contribution is -2.37. The van der Waals surface area contributed by atoms with Gasteiger partial charge >= 0.3 is 0 Å². The monoisotopic (exact) mass is 229 g/mol. The number of rotatable bonds is 3. The van der Waals surface area contributed by atoms with E-state index in [0.717, 1.165) is 12.8 Å². The molecule has 2 rings (SSSR count). The molecule has 6 heteroatoms. The number of hydrogen-bond acceptors (Lipinski definition) is 3. The first-order valence-corrected chi connectivity index (χ1v) is 6.86. The lowest BCUT2D eigenvalue weighted by atomic mass is 10.2. The molecule has 1 unspecified atom stereocenters. The maximum Gasteiger partial charge on any atom is 0.211 e. The van der Waals surface area contributed by atoms with E-state index in [1.807, 2.05) is 12.3 Å². The Kier molecular flexibility index (Phi) is 2.79. The van der Waals surface area contributed by atoms with E-state index in [4.69, 9.17) is 0 Å². The average Bonchev–Trinajstić information content (AvgIpc) is 2.73. The lowest BCUT2D eigenvalue weighted by Gasteiger charge is -2.21. The zero-order valence-corrected chi connectivity index (χ0v) is 9.52. The van der Waals surface area contributed by atoms with Crippen molar-refractivity contribution in [3.63, 3.8) is 0 Å². The smallest absolute Gasteiger partial charge is 0.211 e. The van der Waals surface area contributed by atoms with Crippen molar-refractivity contribution >= 4 is 10.0 Å². The van der Waals surface area contributed by atoms with Crippen LogP contribution >= 0.6 is 0 Å². The van der Waals surface area contributed by atoms with Crippen LogP contribution in [0.5, 0.6) is 0 Å². The van der Waals surface area contributed by atoms with Crippen LogP contribution in [-0.4, -0.2) is 41.3 Å². The first-order chi connectivity index (χ1) is 7.07. The molecule has 0 spiro atoms. The summed E-state index contributed by atoms with van der Waals surface area (Å²) in [5.74, 6) is 0. The highest BCUT2D eigenvalue weighted by molar-refractivity contribution is 7.88. The Balaban J connectivity index is 2.09. The van der Waals surface area contributed by atoms with Crippen LogP contribution in [0.1, 0.15) is 12.8 Å². The Bertz CT molecular complexity index is 413. The Morgan fingerprint density at radius 1 is 1.53 bits per heavy atom. The second kappa shape index (κ2) is 3.94. The highest BCUT2D eigenvalue weighted by Gasteiger charge is 2.31. The first-order valence-electron chi connectivity index (χ1n) is 5.01. The second-order valence-electron chi connectivity index (χ2n) is 3.90. The van der Waals surface area contributed by atoms with Crippen molar-refractivity contribution in [3.05, 3.63) is 18.5 Å². The van der Waals surface area contributed by atoms with Gasteiger partial charge in [0, 0.05) is 25.0 Å². The van der Waals surface area contributed by atoms with E-state index in [1.54, 1.807) is 15.2 Å². The van der Waals surface area contributed by atoms with Crippen LogP contribution in [0.2, 0.25) is 0 Å². The number of hydrogen-bond donors (Lipinski definition) is 0. The van der Waals surface area contributed by atoms with Gasteiger partial charge in [-0.15, -0.1) is 0 Å². The normalized spacial score (nSPS) is 23.4. The summed E-state index contributed by atoms with van der Waals surface area (Å²) in [7, 11) is -3.06. The fourth-order valence-electron chi connectivity index (χ4n) is 2.05. The quantitative estimate of drug-likeness (QED) is 0.749. The molecule has 0 aliphatic carbocycles. The summed E-state index contributed by atoms with van der Waals surface area (Å²) in [6.45, 7) is 1.30. The molecule has 1 fully saturated rings. The summed E-state index contributed by atoms with van der Waals surface area (Å²) in [5.41, 5.74) is 0. The third-order valence-corrected chi connectivity index (χ3v) is 4.04.